The molecule has 0 unspecified atom stereocenters. The van der Waals surface area contributed by atoms with E-state index in [1.807, 2.05) is 13.8 Å². The maximum Gasteiger partial charge on any atom is 0.247 e. The van der Waals surface area contributed by atoms with Gasteiger partial charge in [-0.1, -0.05) is 0 Å². The van der Waals surface area contributed by atoms with Crippen LogP contribution >= 0.6 is 0 Å². The molecular weight excluding hydrogens is 294 g/mol. The Morgan fingerprint density at radius 2 is 2.05 bits per heavy atom. The van der Waals surface area contributed by atoms with Crippen molar-refractivity contribution in [3.63, 3.8) is 0 Å². The zero-order valence-corrected chi connectivity index (χ0v) is 13.8. The summed E-state index contributed by atoms with van der Waals surface area (Å²) in [5.41, 5.74) is 0.432. The third-order valence-electron chi connectivity index (χ3n) is 3.74. The predicted molar refractivity (Wildman–Crippen MR) is 77.6 cm³/mol. The lowest BCUT2D eigenvalue weighted by Crippen LogP contribution is -2.55. The number of nitrogens with zero attached hydrogens (tertiary/aromatic N) is 3. The SMILES string of the molecule is Cc1nn(CCO)c(C)c1S(=O)(=O)N1CCOCC1(C)C. The fourth-order valence-corrected chi connectivity index (χ4v) is 4.90. The van der Waals surface area contributed by atoms with Crippen LogP contribution in [0.1, 0.15) is 25.2 Å². The molecule has 0 saturated carbocycles. The van der Waals surface area contributed by atoms with Gasteiger partial charge < -0.3 is 9.84 Å². The van der Waals surface area contributed by atoms with Crippen molar-refractivity contribution in [2.45, 2.75) is 44.7 Å². The quantitative estimate of drug-likeness (QED) is 0.863. The van der Waals surface area contributed by atoms with E-state index in [0.717, 1.165) is 0 Å². The molecule has 2 rings (SSSR count). The lowest BCUT2D eigenvalue weighted by molar-refractivity contribution is -0.00774. The number of hydrogen-bond acceptors (Lipinski definition) is 5. The third kappa shape index (κ3) is 2.85. The molecule has 120 valence electrons. The predicted octanol–water partition coefficient (Wildman–Crippen LogP) is 0.292. The summed E-state index contributed by atoms with van der Waals surface area (Å²) in [5, 5.41) is 13.3. The fourth-order valence-electron chi connectivity index (χ4n) is 2.77. The second-order valence-electron chi connectivity index (χ2n) is 5.89. The van der Waals surface area contributed by atoms with Crippen molar-refractivity contribution in [3.8, 4) is 0 Å². The van der Waals surface area contributed by atoms with Gasteiger partial charge in [0.2, 0.25) is 10.0 Å². The Balaban J connectivity index is 2.49. The van der Waals surface area contributed by atoms with E-state index in [0.29, 0.717) is 31.1 Å². The molecule has 8 heteroatoms. The minimum Gasteiger partial charge on any atom is -0.394 e. The summed E-state index contributed by atoms with van der Waals surface area (Å²) in [4.78, 5) is 0.242. The molecule has 0 radical (unpaired) electrons. The van der Waals surface area contributed by atoms with Crippen molar-refractivity contribution in [3.05, 3.63) is 11.4 Å². The highest BCUT2D eigenvalue weighted by Gasteiger charge is 2.42. The van der Waals surface area contributed by atoms with Crippen LogP contribution in [0.2, 0.25) is 0 Å². The molecule has 2 heterocycles. The maximum atomic E-state index is 13.0. The van der Waals surface area contributed by atoms with Gasteiger partial charge in [0.1, 0.15) is 4.90 Å². The van der Waals surface area contributed by atoms with Gasteiger partial charge in [-0.25, -0.2) is 8.42 Å². The Kier molecular flexibility index (Phi) is 4.44. The fraction of sp³-hybridized carbons (Fsp3) is 0.769. The molecule has 1 aromatic heterocycles. The first-order valence-electron chi connectivity index (χ1n) is 6.97. The standard InChI is InChI=1S/C13H23N3O4S/c1-10-12(11(2)15(14-10)5-7-17)21(18,19)16-6-8-20-9-13(16,3)4/h17H,5-9H2,1-4H3. The molecule has 1 N–H and O–H groups in total. The van der Waals surface area contributed by atoms with E-state index in [2.05, 4.69) is 5.10 Å². The Bertz CT molecular complexity index is 622. The molecule has 0 spiro atoms. The molecule has 0 amide bonds. The third-order valence-corrected chi connectivity index (χ3v) is 6.11. The minimum atomic E-state index is -3.64. The van der Waals surface area contributed by atoms with Crippen molar-refractivity contribution >= 4 is 10.0 Å². The molecule has 1 aliphatic heterocycles. The summed E-state index contributed by atoms with van der Waals surface area (Å²) < 4.78 is 34.5. The topological polar surface area (TPSA) is 84.7 Å². The van der Waals surface area contributed by atoms with E-state index in [-0.39, 0.29) is 18.0 Å². The van der Waals surface area contributed by atoms with Crippen LogP contribution in [0.5, 0.6) is 0 Å². The lowest BCUT2D eigenvalue weighted by Gasteiger charge is -2.40. The molecule has 1 fully saturated rings. The average molecular weight is 317 g/mol. The number of ether oxygens (including phenoxy) is 1. The van der Waals surface area contributed by atoms with Crippen molar-refractivity contribution in [1.82, 2.24) is 14.1 Å². The lowest BCUT2D eigenvalue weighted by atomic mass is 10.1. The number of hydrogen-bond donors (Lipinski definition) is 1. The molecule has 1 saturated heterocycles. The molecule has 7 nitrogen and oxygen atoms in total. The number of aliphatic hydroxyl groups excluding tert-OH is 1. The van der Waals surface area contributed by atoms with E-state index in [9.17, 15) is 8.42 Å². The van der Waals surface area contributed by atoms with E-state index >= 15 is 0 Å². The van der Waals surface area contributed by atoms with Gasteiger partial charge in [0.05, 0.1) is 43.3 Å². The molecule has 1 aromatic rings. The Morgan fingerprint density at radius 1 is 1.38 bits per heavy atom. The van der Waals surface area contributed by atoms with Crippen LogP contribution in [-0.2, 0) is 21.3 Å². The average Bonchev–Trinajstić information content (AvgIpc) is 2.64. The molecule has 21 heavy (non-hydrogen) atoms. The number of morpholine rings is 1. The highest BCUT2D eigenvalue weighted by molar-refractivity contribution is 7.89. The van der Waals surface area contributed by atoms with Gasteiger partial charge in [-0.05, 0) is 27.7 Å². The largest absolute Gasteiger partial charge is 0.394 e. The van der Waals surface area contributed by atoms with Gasteiger partial charge in [-0.3, -0.25) is 4.68 Å². The first kappa shape index (κ1) is 16.4. The van der Waals surface area contributed by atoms with Crippen LogP contribution in [0, 0.1) is 13.8 Å². The monoisotopic (exact) mass is 317 g/mol. The second-order valence-corrected chi connectivity index (χ2v) is 7.69. The van der Waals surface area contributed by atoms with Crippen LogP contribution in [0.3, 0.4) is 0 Å². The highest BCUT2D eigenvalue weighted by Crippen LogP contribution is 2.30. The van der Waals surface area contributed by atoms with Gasteiger partial charge in [0, 0.05) is 6.54 Å². The van der Waals surface area contributed by atoms with Crippen LogP contribution in [-0.4, -0.2) is 59.5 Å². The smallest absolute Gasteiger partial charge is 0.247 e. The summed E-state index contributed by atoms with van der Waals surface area (Å²) in [6.45, 7) is 8.41. The number of aromatic nitrogens is 2. The zero-order chi connectivity index (χ0) is 15.8. The highest BCUT2D eigenvalue weighted by atomic mass is 32.2. The normalized spacial score (nSPS) is 19.9. The van der Waals surface area contributed by atoms with E-state index in [4.69, 9.17) is 9.84 Å². The van der Waals surface area contributed by atoms with Crippen molar-refractivity contribution in [1.29, 1.82) is 0 Å². The summed E-state index contributed by atoms with van der Waals surface area (Å²) in [5.74, 6) is 0. The van der Waals surface area contributed by atoms with Crippen molar-refractivity contribution < 1.29 is 18.3 Å². The van der Waals surface area contributed by atoms with Gasteiger partial charge in [0.15, 0.2) is 0 Å². The van der Waals surface area contributed by atoms with E-state index < -0.39 is 15.6 Å². The zero-order valence-electron chi connectivity index (χ0n) is 13.0. The number of aliphatic hydroxyl groups is 1. The first-order chi connectivity index (χ1) is 9.71. The van der Waals surface area contributed by atoms with Crippen LogP contribution < -0.4 is 0 Å². The van der Waals surface area contributed by atoms with E-state index in [1.165, 1.54) is 8.99 Å². The van der Waals surface area contributed by atoms with Crippen LogP contribution in [0.25, 0.3) is 0 Å². The van der Waals surface area contributed by atoms with Gasteiger partial charge in [-0.2, -0.15) is 9.40 Å². The number of sulfonamides is 1. The Labute approximate surface area is 125 Å². The minimum absolute atomic E-state index is 0.0789. The van der Waals surface area contributed by atoms with Crippen LogP contribution in [0.4, 0.5) is 0 Å². The Hall–Kier alpha value is -0.960. The van der Waals surface area contributed by atoms with Crippen molar-refractivity contribution in [2.75, 3.05) is 26.4 Å². The van der Waals surface area contributed by atoms with Gasteiger partial charge >= 0.3 is 0 Å². The van der Waals surface area contributed by atoms with E-state index in [1.54, 1.807) is 13.8 Å². The molecule has 0 aliphatic carbocycles. The van der Waals surface area contributed by atoms with Gasteiger partial charge in [0.25, 0.3) is 0 Å². The number of aryl methyl sites for hydroxylation is 1. The van der Waals surface area contributed by atoms with Crippen LogP contribution in [0.15, 0.2) is 4.90 Å². The molecular formula is C13H23N3O4S. The van der Waals surface area contributed by atoms with Gasteiger partial charge in [-0.15, -0.1) is 0 Å². The summed E-state index contributed by atoms with van der Waals surface area (Å²) in [6, 6.07) is 0. The number of rotatable bonds is 4. The maximum absolute atomic E-state index is 13.0. The molecule has 0 atom stereocenters. The molecule has 0 aromatic carbocycles. The van der Waals surface area contributed by atoms with Crippen molar-refractivity contribution in [2.24, 2.45) is 0 Å². The second kappa shape index (κ2) is 5.68. The molecule has 0 bridgehead atoms. The summed E-state index contributed by atoms with van der Waals surface area (Å²) in [7, 11) is -3.64. The molecule has 1 aliphatic rings. The Morgan fingerprint density at radius 3 is 2.62 bits per heavy atom. The first-order valence-corrected chi connectivity index (χ1v) is 8.41. The summed E-state index contributed by atoms with van der Waals surface area (Å²) in [6.07, 6.45) is 0. The summed E-state index contributed by atoms with van der Waals surface area (Å²) >= 11 is 0.